The fourth-order valence-electron chi connectivity index (χ4n) is 5.39. The summed E-state index contributed by atoms with van der Waals surface area (Å²) in [5.74, 6) is 0.342. The number of hydrogen-bond acceptors (Lipinski definition) is 16. The number of nitrogen functional groups attached to an aromatic ring is 1. The van der Waals surface area contributed by atoms with E-state index in [1.54, 1.807) is 6.92 Å². The summed E-state index contributed by atoms with van der Waals surface area (Å²) in [4.78, 5) is 56.6. The number of nitrogens with zero attached hydrogens (tertiary/aromatic N) is 7. The Hall–Kier alpha value is -3.20. The molecule has 7 heterocycles. The first-order chi connectivity index (χ1) is 20.9. The van der Waals surface area contributed by atoms with Crippen LogP contribution in [0.3, 0.4) is 0 Å². The number of imidazole rings is 2. The van der Waals surface area contributed by atoms with E-state index < -0.39 is 77.4 Å². The molecule has 4 aromatic rings. The minimum atomic E-state index is -4.91. The van der Waals surface area contributed by atoms with Gasteiger partial charge in [-0.15, -0.1) is 0 Å². The predicted molar refractivity (Wildman–Crippen MR) is 142 cm³/mol. The van der Waals surface area contributed by atoms with Crippen molar-refractivity contribution in [2.45, 2.75) is 56.3 Å². The molecule has 9 atom stereocenters. The van der Waals surface area contributed by atoms with Crippen molar-refractivity contribution in [3.05, 3.63) is 35.2 Å². The molecule has 44 heavy (non-hydrogen) atoms. The lowest BCUT2D eigenvalue weighted by molar-refractivity contribution is -0.0670. The summed E-state index contributed by atoms with van der Waals surface area (Å²) in [6, 6.07) is 0. The SMILES string of the molecule is Cc1nc2c(ncn2[C@@H]2O[C@@H]3COP(=O)(O)O[C@@H]4C(O)[C@H](n5cnc6c(N)ncnc65)O[C@@H]4COP(=O)(O)O[C@H]2C3)c(=O)[nH]1. The smallest absolute Gasteiger partial charge is 0.386 e. The number of aliphatic hydroxyl groups excluding tert-OH is 1. The number of phosphoric ester groups is 2. The third kappa shape index (κ3) is 5.25. The average Bonchev–Trinajstić information content (AvgIpc) is 3.72. The number of H-pyrrole nitrogens is 1. The maximum Gasteiger partial charge on any atom is 0.472 e. The van der Waals surface area contributed by atoms with Gasteiger partial charge < -0.3 is 35.1 Å². The lowest BCUT2D eigenvalue weighted by Gasteiger charge is -2.25. The maximum atomic E-state index is 13.2. The Labute approximate surface area is 245 Å². The zero-order valence-electron chi connectivity index (χ0n) is 22.5. The number of phosphoric acid groups is 2. The van der Waals surface area contributed by atoms with Crippen LogP contribution < -0.4 is 11.3 Å². The number of fused-ring (bicyclic) bond motifs is 5. The molecule has 0 aromatic carbocycles. The van der Waals surface area contributed by atoms with Gasteiger partial charge >= 0.3 is 15.6 Å². The van der Waals surface area contributed by atoms with E-state index in [1.807, 2.05) is 0 Å². The molecular weight excluding hydrogens is 632 g/mol. The zero-order valence-corrected chi connectivity index (χ0v) is 24.3. The van der Waals surface area contributed by atoms with Gasteiger partial charge in [0.15, 0.2) is 35.1 Å². The molecule has 21 nitrogen and oxygen atoms in total. The van der Waals surface area contributed by atoms with Crippen molar-refractivity contribution >= 4 is 43.8 Å². The lowest BCUT2D eigenvalue weighted by Crippen LogP contribution is -2.36. The van der Waals surface area contributed by atoms with E-state index in [2.05, 4.69) is 29.9 Å². The Morgan fingerprint density at radius 2 is 1.64 bits per heavy atom. The summed E-state index contributed by atoms with van der Waals surface area (Å²) in [7, 11) is -9.80. The first-order valence-electron chi connectivity index (χ1n) is 13.1. The standard InChI is InChI=1S/C21H25N9O12P2/c1-8-27-18-13(19(32)28-8)26-7-30(18)20-10-2-9(39-20)3-37-44(35,36)42-15-11(4-38-43(33,34)41-10)40-21(14(15)31)29-6-25-12-16(22)23-5-24-17(12)29/h5-7,9-11,14-15,20-21,31H,2-4H2,1H3,(H,33,34)(H,35,36)(H2,22,23,24)(H,27,28,32)/t9-,10-,11+,14?,15-,20+,21+/m0/s1. The second-order valence-corrected chi connectivity index (χ2v) is 13.1. The molecule has 3 saturated heterocycles. The highest BCUT2D eigenvalue weighted by Gasteiger charge is 2.51. The molecule has 236 valence electrons. The molecule has 0 spiro atoms. The quantitative estimate of drug-likeness (QED) is 0.168. The van der Waals surface area contributed by atoms with Gasteiger partial charge in [0.25, 0.3) is 5.56 Å². The van der Waals surface area contributed by atoms with Gasteiger partial charge in [-0.2, -0.15) is 0 Å². The Bertz CT molecular complexity index is 1900. The van der Waals surface area contributed by atoms with Crippen molar-refractivity contribution < 1.29 is 51.6 Å². The minimum absolute atomic E-state index is 0.0129. The Balaban J connectivity index is 1.19. The third-order valence-electron chi connectivity index (χ3n) is 7.29. The van der Waals surface area contributed by atoms with Crippen molar-refractivity contribution in [3.8, 4) is 0 Å². The van der Waals surface area contributed by atoms with E-state index in [-0.39, 0.29) is 40.4 Å². The molecule has 0 radical (unpaired) electrons. The molecule has 3 aliphatic heterocycles. The number of nitrogens with two attached hydrogens (primary N) is 1. The molecule has 2 bridgehead atoms. The fraction of sp³-hybridized carbons (Fsp3) is 0.524. The van der Waals surface area contributed by atoms with Gasteiger partial charge in [-0.05, 0) is 6.92 Å². The predicted octanol–water partition coefficient (Wildman–Crippen LogP) is -0.586. The second-order valence-electron chi connectivity index (χ2n) is 10.2. The van der Waals surface area contributed by atoms with Crippen LogP contribution in [0.1, 0.15) is 24.7 Å². The van der Waals surface area contributed by atoms with Crippen molar-refractivity contribution in [2.24, 2.45) is 0 Å². The lowest BCUT2D eigenvalue weighted by atomic mass is 10.1. The van der Waals surface area contributed by atoms with Crippen LogP contribution in [0.2, 0.25) is 0 Å². The summed E-state index contributed by atoms with van der Waals surface area (Å²) >= 11 is 0. The van der Waals surface area contributed by atoms with Gasteiger partial charge in [-0.3, -0.25) is 32.0 Å². The molecule has 7 rings (SSSR count). The number of aliphatic hydroxyl groups is 1. The van der Waals surface area contributed by atoms with Gasteiger partial charge in [0, 0.05) is 6.42 Å². The van der Waals surface area contributed by atoms with Gasteiger partial charge in [0.2, 0.25) is 0 Å². The van der Waals surface area contributed by atoms with E-state index in [4.69, 9.17) is 33.3 Å². The summed E-state index contributed by atoms with van der Waals surface area (Å²) in [6.45, 7) is 0.297. The number of aromatic amines is 1. The van der Waals surface area contributed by atoms with Gasteiger partial charge in [-0.1, -0.05) is 0 Å². The van der Waals surface area contributed by atoms with Crippen LogP contribution in [0.5, 0.6) is 0 Å². The third-order valence-corrected chi connectivity index (χ3v) is 9.29. The van der Waals surface area contributed by atoms with Crippen LogP contribution in [-0.4, -0.2) is 97.7 Å². The average molecular weight is 657 g/mol. The normalized spacial score (nSPS) is 36.6. The Kier molecular flexibility index (Phi) is 7.18. The minimum Gasteiger partial charge on any atom is -0.386 e. The fourth-order valence-corrected chi connectivity index (χ4v) is 7.30. The molecule has 3 unspecified atom stereocenters. The van der Waals surface area contributed by atoms with Crippen molar-refractivity contribution in [1.29, 1.82) is 0 Å². The Morgan fingerprint density at radius 1 is 0.932 bits per heavy atom. The number of nitrogens with one attached hydrogen (secondary N) is 1. The van der Waals surface area contributed by atoms with E-state index in [9.17, 15) is 28.8 Å². The highest BCUT2D eigenvalue weighted by Crippen LogP contribution is 2.53. The molecular formula is C21H25N9O12P2. The molecule has 6 N–H and O–H groups in total. The number of hydrogen-bond donors (Lipinski definition) is 5. The zero-order chi connectivity index (χ0) is 31.0. The van der Waals surface area contributed by atoms with Crippen molar-refractivity contribution in [1.82, 2.24) is 39.0 Å². The summed E-state index contributed by atoms with van der Waals surface area (Å²) < 4.78 is 61.9. The van der Waals surface area contributed by atoms with Gasteiger partial charge in [0.1, 0.15) is 42.1 Å². The molecule has 4 aromatic heterocycles. The number of ether oxygens (including phenoxy) is 2. The van der Waals surface area contributed by atoms with Crippen LogP contribution in [0, 0.1) is 6.92 Å². The topological polar surface area (TPSA) is 283 Å². The first kappa shape index (κ1) is 29.5. The van der Waals surface area contributed by atoms with Gasteiger partial charge in [-0.25, -0.2) is 34.0 Å². The number of anilines is 1. The number of aryl methyl sites for hydroxylation is 1. The van der Waals surface area contributed by atoms with Crippen LogP contribution in [0.15, 0.2) is 23.8 Å². The van der Waals surface area contributed by atoms with Gasteiger partial charge in [0.05, 0.1) is 32.0 Å². The van der Waals surface area contributed by atoms with Crippen LogP contribution >= 0.6 is 15.6 Å². The molecule has 0 saturated carbocycles. The number of aromatic nitrogens is 8. The molecule has 3 fully saturated rings. The van der Waals surface area contributed by atoms with Crippen molar-refractivity contribution in [2.75, 3.05) is 18.9 Å². The molecule has 0 amide bonds. The van der Waals surface area contributed by atoms with E-state index in [0.717, 1.165) is 0 Å². The van der Waals surface area contributed by atoms with E-state index >= 15 is 0 Å². The highest BCUT2D eigenvalue weighted by atomic mass is 31.2. The molecule has 23 heteroatoms. The summed E-state index contributed by atoms with van der Waals surface area (Å²) in [6.07, 6.45) is -5.68. The van der Waals surface area contributed by atoms with E-state index in [1.165, 1.54) is 28.1 Å². The number of rotatable bonds is 2. The highest BCUT2D eigenvalue weighted by molar-refractivity contribution is 7.47. The second kappa shape index (κ2) is 10.7. The largest absolute Gasteiger partial charge is 0.472 e. The monoisotopic (exact) mass is 657 g/mol. The van der Waals surface area contributed by atoms with Crippen LogP contribution in [0.25, 0.3) is 22.3 Å². The van der Waals surface area contributed by atoms with Crippen molar-refractivity contribution in [3.63, 3.8) is 0 Å². The summed E-state index contributed by atoms with van der Waals surface area (Å²) in [5.41, 5.74) is 5.81. The molecule has 0 aliphatic carbocycles. The van der Waals surface area contributed by atoms with E-state index in [0.29, 0.717) is 0 Å². The first-order valence-corrected chi connectivity index (χ1v) is 16.0. The maximum absolute atomic E-state index is 13.2. The summed E-state index contributed by atoms with van der Waals surface area (Å²) in [5, 5.41) is 11.1. The van der Waals surface area contributed by atoms with Crippen LogP contribution in [0.4, 0.5) is 5.82 Å². The van der Waals surface area contributed by atoms with Crippen LogP contribution in [-0.2, 0) is 36.7 Å². The molecule has 3 aliphatic rings. The Morgan fingerprint density at radius 3 is 2.43 bits per heavy atom.